The Kier molecular flexibility index (Phi) is 1.74. The third kappa shape index (κ3) is 1.29. The Hall–Kier alpha value is -2.76. The van der Waals surface area contributed by atoms with Crippen LogP contribution < -0.4 is 0 Å². The van der Waals surface area contributed by atoms with E-state index in [1.165, 1.54) is 0 Å². The maximum atomic E-state index is 4.53. The molecule has 2 N–H and O–H groups in total. The highest BCUT2D eigenvalue weighted by Gasteiger charge is 2.05. The van der Waals surface area contributed by atoms with Crippen molar-refractivity contribution in [1.29, 1.82) is 0 Å². The number of hydrogen-bond donors (Lipinski definition) is 2. The second-order valence-electron chi connectivity index (χ2n) is 4.01. The molecule has 0 aliphatic rings. The van der Waals surface area contributed by atoms with E-state index >= 15 is 0 Å². The van der Waals surface area contributed by atoms with Gasteiger partial charge in [-0.15, -0.1) is 0 Å². The van der Waals surface area contributed by atoms with E-state index in [0.717, 1.165) is 33.3 Å². The molecule has 0 fully saturated rings. The third-order valence-corrected chi connectivity index (χ3v) is 2.87. The molecule has 4 heterocycles. The highest BCUT2D eigenvalue weighted by atomic mass is 15.1. The lowest BCUT2D eigenvalue weighted by atomic mass is 10.1. The number of hydrogen-bond acceptors (Lipinski definition) is 4. The van der Waals surface area contributed by atoms with Gasteiger partial charge >= 0.3 is 0 Å². The number of nitrogens with one attached hydrogen (secondary N) is 2. The van der Waals surface area contributed by atoms with Gasteiger partial charge in [-0.2, -0.15) is 10.2 Å². The van der Waals surface area contributed by atoms with Gasteiger partial charge in [-0.1, -0.05) is 0 Å². The molecule has 18 heavy (non-hydrogen) atoms. The molecular formula is C12H8N6. The van der Waals surface area contributed by atoms with Crippen molar-refractivity contribution < 1.29 is 0 Å². The van der Waals surface area contributed by atoms with Crippen LogP contribution in [-0.2, 0) is 0 Å². The van der Waals surface area contributed by atoms with Crippen LogP contribution in [0.5, 0.6) is 0 Å². The summed E-state index contributed by atoms with van der Waals surface area (Å²) >= 11 is 0. The maximum absolute atomic E-state index is 4.53. The van der Waals surface area contributed by atoms with Crippen LogP contribution >= 0.6 is 0 Å². The first-order chi connectivity index (χ1) is 8.90. The summed E-state index contributed by atoms with van der Waals surface area (Å²) < 4.78 is 0. The molecular weight excluding hydrogens is 228 g/mol. The van der Waals surface area contributed by atoms with Crippen molar-refractivity contribution in [2.75, 3.05) is 0 Å². The summed E-state index contributed by atoms with van der Waals surface area (Å²) in [6.07, 6.45) is 5.28. The van der Waals surface area contributed by atoms with Crippen LogP contribution in [0.25, 0.3) is 33.3 Å². The summed E-state index contributed by atoms with van der Waals surface area (Å²) in [7, 11) is 0. The lowest BCUT2D eigenvalue weighted by molar-refractivity contribution is 1.12. The van der Waals surface area contributed by atoms with Gasteiger partial charge in [0.05, 0.1) is 17.4 Å². The van der Waals surface area contributed by atoms with E-state index in [2.05, 4.69) is 30.4 Å². The Bertz CT molecular complexity index is 772. The van der Waals surface area contributed by atoms with Crippen molar-refractivity contribution in [2.24, 2.45) is 0 Å². The molecule has 0 saturated carbocycles. The first-order valence-electron chi connectivity index (χ1n) is 5.50. The van der Waals surface area contributed by atoms with Gasteiger partial charge in [-0.3, -0.25) is 15.2 Å². The standard InChI is InChI=1S/C12H8N6/c1-2-9-12(6-15-17-9)16-8(1)7-3-10-11(13-4-7)5-14-18-10/h1-6H,(H,14,18)(H,15,17). The smallest absolute Gasteiger partial charge is 0.111 e. The fourth-order valence-corrected chi connectivity index (χ4v) is 1.96. The predicted molar refractivity (Wildman–Crippen MR) is 66.8 cm³/mol. The van der Waals surface area contributed by atoms with Crippen LogP contribution in [0.2, 0.25) is 0 Å². The van der Waals surface area contributed by atoms with E-state index in [4.69, 9.17) is 0 Å². The average Bonchev–Trinajstić information content (AvgIpc) is 3.05. The molecule has 0 amide bonds. The van der Waals surface area contributed by atoms with Gasteiger partial charge in [0.25, 0.3) is 0 Å². The number of H-pyrrole nitrogens is 2. The number of pyridine rings is 2. The average molecular weight is 236 g/mol. The summed E-state index contributed by atoms with van der Waals surface area (Å²) in [6.45, 7) is 0. The second kappa shape index (κ2) is 3.36. The number of aromatic amines is 2. The molecule has 0 bridgehead atoms. The molecule has 4 rings (SSSR count). The van der Waals surface area contributed by atoms with Gasteiger partial charge in [0.1, 0.15) is 16.6 Å². The van der Waals surface area contributed by atoms with Crippen LogP contribution in [0, 0.1) is 0 Å². The zero-order chi connectivity index (χ0) is 11.9. The molecule has 0 saturated heterocycles. The van der Waals surface area contributed by atoms with E-state index in [-0.39, 0.29) is 0 Å². The lowest BCUT2D eigenvalue weighted by Gasteiger charge is -2.00. The van der Waals surface area contributed by atoms with Crippen molar-refractivity contribution in [2.45, 2.75) is 0 Å². The Morgan fingerprint density at radius 1 is 1.00 bits per heavy atom. The van der Waals surface area contributed by atoms with E-state index in [1.807, 2.05) is 18.2 Å². The monoisotopic (exact) mass is 236 g/mol. The van der Waals surface area contributed by atoms with Gasteiger partial charge in [-0.05, 0) is 18.2 Å². The topological polar surface area (TPSA) is 83.1 Å². The number of fused-ring (bicyclic) bond motifs is 2. The van der Waals surface area contributed by atoms with Crippen LogP contribution in [0.1, 0.15) is 0 Å². The van der Waals surface area contributed by atoms with E-state index in [1.54, 1.807) is 18.6 Å². The second-order valence-corrected chi connectivity index (χ2v) is 4.01. The number of aromatic nitrogens is 6. The summed E-state index contributed by atoms with van der Waals surface area (Å²) in [5, 5.41) is 13.7. The van der Waals surface area contributed by atoms with Crippen molar-refractivity contribution in [3.05, 3.63) is 36.8 Å². The molecule has 0 aliphatic heterocycles. The van der Waals surface area contributed by atoms with Crippen molar-refractivity contribution in [3.8, 4) is 11.3 Å². The number of nitrogens with zero attached hydrogens (tertiary/aromatic N) is 4. The van der Waals surface area contributed by atoms with Crippen molar-refractivity contribution >= 4 is 22.1 Å². The lowest BCUT2D eigenvalue weighted by Crippen LogP contribution is -1.85. The molecule has 6 heteroatoms. The fraction of sp³-hybridized carbons (Fsp3) is 0. The Balaban J connectivity index is 1.93. The van der Waals surface area contributed by atoms with Crippen LogP contribution in [-0.4, -0.2) is 30.4 Å². The minimum atomic E-state index is 0.845. The minimum Gasteiger partial charge on any atom is -0.283 e. The van der Waals surface area contributed by atoms with Gasteiger partial charge in [0.15, 0.2) is 0 Å². The summed E-state index contributed by atoms with van der Waals surface area (Å²) in [4.78, 5) is 8.86. The van der Waals surface area contributed by atoms with Gasteiger partial charge < -0.3 is 0 Å². The van der Waals surface area contributed by atoms with Crippen LogP contribution in [0.3, 0.4) is 0 Å². The summed E-state index contributed by atoms with van der Waals surface area (Å²) in [5.74, 6) is 0. The third-order valence-electron chi connectivity index (χ3n) is 2.87. The highest BCUT2D eigenvalue weighted by molar-refractivity contribution is 5.81. The van der Waals surface area contributed by atoms with E-state index < -0.39 is 0 Å². The Morgan fingerprint density at radius 2 is 2.00 bits per heavy atom. The molecule has 0 radical (unpaired) electrons. The molecule has 86 valence electrons. The van der Waals surface area contributed by atoms with E-state index in [9.17, 15) is 0 Å². The van der Waals surface area contributed by atoms with Crippen LogP contribution in [0.15, 0.2) is 36.8 Å². The van der Waals surface area contributed by atoms with Crippen molar-refractivity contribution in [1.82, 2.24) is 30.4 Å². The Morgan fingerprint density at radius 3 is 3.00 bits per heavy atom. The molecule has 0 unspecified atom stereocenters. The Labute approximate surface area is 101 Å². The zero-order valence-corrected chi connectivity index (χ0v) is 9.25. The molecule has 0 atom stereocenters. The van der Waals surface area contributed by atoms with Gasteiger partial charge in [0, 0.05) is 18.0 Å². The fourth-order valence-electron chi connectivity index (χ4n) is 1.96. The minimum absolute atomic E-state index is 0.845. The molecule has 4 aromatic rings. The molecule has 0 spiro atoms. The molecule has 0 aliphatic carbocycles. The predicted octanol–water partition coefficient (Wildman–Crippen LogP) is 1.90. The summed E-state index contributed by atoms with van der Waals surface area (Å²) in [5.41, 5.74) is 5.28. The summed E-state index contributed by atoms with van der Waals surface area (Å²) in [6, 6.07) is 5.86. The normalized spacial score (nSPS) is 11.3. The van der Waals surface area contributed by atoms with Crippen molar-refractivity contribution in [3.63, 3.8) is 0 Å². The van der Waals surface area contributed by atoms with E-state index in [0.29, 0.717) is 0 Å². The molecule has 4 aromatic heterocycles. The first-order valence-corrected chi connectivity index (χ1v) is 5.50. The molecule has 0 aromatic carbocycles. The number of rotatable bonds is 1. The highest BCUT2D eigenvalue weighted by Crippen LogP contribution is 2.21. The van der Waals surface area contributed by atoms with Gasteiger partial charge in [0.2, 0.25) is 0 Å². The SMILES string of the molecule is c1nc2cn[nH]c2cc1-c1ccc2n[nH]cc2n1. The first kappa shape index (κ1) is 9.29. The maximum Gasteiger partial charge on any atom is 0.111 e. The largest absolute Gasteiger partial charge is 0.283 e. The zero-order valence-electron chi connectivity index (χ0n) is 9.25. The molecule has 6 nitrogen and oxygen atoms in total. The quantitative estimate of drug-likeness (QED) is 0.528. The van der Waals surface area contributed by atoms with Crippen LogP contribution in [0.4, 0.5) is 0 Å². The van der Waals surface area contributed by atoms with Gasteiger partial charge in [-0.25, -0.2) is 4.98 Å².